The van der Waals surface area contributed by atoms with Crippen molar-refractivity contribution < 1.29 is 0 Å². The minimum absolute atomic E-state index is 0.942. The lowest BCUT2D eigenvalue weighted by molar-refractivity contribution is 1.28. The zero-order valence-electron chi connectivity index (χ0n) is 9.59. The van der Waals surface area contributed by atoms with Crippen LogP contribution in [0.2, 0.25) is 0 Å². The minimum Gasteiger partial charge on any atom is -0.253 e. The van der Waals surface area contributed by atoms with Crippen LogP contribution in [0.25, 0.3) is 22.2 Å². The molecule has 3 aromatic rings. The number of benzene rings is 2. The van der Waals surface area contributed by atoms with Gasteiger partial charge in [0.2, 0.25) is 0 Å². The van der Waals surface area contributed by atoms with Crippen LogP contribution in [0.3, 0.4) is 0 Å². The number of aromatic nitrogens is 2. The van der Waals surface area contributed by atoms with E-state index in [0.717, 1.165) is 11.0 Å². The molecule has 2 heteroatoms. The van der Waals surface area contributed by atoms with Gasteiger partial charge in [0.15, 0.2) is 0 Å². The van der Waals surface area contributed by atoms with Gasteiger partial charge in [0, 0.05) is 18.0 Å². The standard InChI is InChI=1S/C15H12N2/c1-11-7-8-13-15(17-10-9-16-13)14(11)12-5-3-2-4-6-12/h2-10H,1H3. The lowest BCUT2D eigenvalue weighted by atomic mass is 9.99. The summed E-state index contributed by atoms with van der Waals surface area (Å²) in [5.74, 6) is 0. The van der Waals surface area contributed by atoms with Gasteiger partial charge in [-0.2, -0.15) is 0 Å². The zero-order chi connectivity index (χ0) is 11.7. The molecule has 0 spiro atoms. The van der Waals surface area contributed by atoms with Gasteiger partial charge < -0.3 is 0 Å². The molecule has 0 radical (unpaired) electrons. The van der Waals surface area contributed by atoms with Crippen molar-refractivity contribution in [2.75, 3.05) is 0 Å². The maximum atomic E-state index is 4.46. The first-order valence-corrected chi connectivity index (χ1v) is 5.62. The Morgan fingerprint density at radius 1 is 0.824 bits per heavy atom. The first kappa shape index (κ1) is 9.97. The summed E-state index contributed by atoms with van der Waals surface area (Å²) in [6.07, 6.45) is 3.47. The van der Waals surface area contributed by atoms with Crippen molar-refractivity contribution in [3.05, 3.63) is 60.4 Å². The SMILES string of the molecule is Cc1ccc2nccnc2c1-c1ccccc1. The van der Waals surface area contributed by atoms with Crippen molar-refractivity contribution in [1.29, 1.82) is 0 Å². The lowest BCUT2D eigenvalue weighted by Crippen LogP contribution is -1.90. The molecule has 0 aliphatic rings. The molecule has 3 rings (SSSR count). The van der Waals surface area contributed by atoms with Gasteiger partial charge >= 0.3 is 0 Å². The second kappa shape index (κ2) is 3.98. The Morgan fingerprint density at radius 3 is 2.41 bits per heavy atom. The van der Waals surface area contributed by atoms with Crippen LogP contribution in [-0.2, 0) is 0 Å². The monoisotopic (exact) mass is 220 g/mol. The van der Waals surface area contributed by atoms with Crippen LogP contribution in [0.5, 0.6) is 0 Å². The smallest absolute Gasteiger partial charge is 0.0967 e. The Kier molecular flexibility index (Phi) is 2.33. The normalized spacial score (nSPS) is 10.6. The maximum Gasteiger partial charge on any atom is 0.0967 e. The molecule has 1 heterocycles. The van der Waals surface area contributed by atoms with Crippen LogP contribution in [0.1, 0.15) is 5.56 Å². The second-order valence-corrected chi connectivity index (χ2v) is 4.05. The van der Waals surface area contributed by atoms with Crippen LogP contribution < -0.4 is 0 Å². The predicted molar refractivity (Wildman–Crippen MR) is 69.7 cm³/mol. The molecule has 0 aliphatic heterocycles. The Bertz CT molecular complexity index is 660. The third-order valence-electron chi connectivity index (χ3n) is 2.91. The fraction of sp³-hybridized carbons (Fsp3) is 0.0667. The largest absolute Gasteiger partial charge is 0.253 e. The fourth-order valence-corrected chi connectivity index (χ4v) is 2.11. The molecule has 0 saturated heterocycles. The first-order valence-electron chi connectivity index (χ1n) is 5.62. The first-order chi connectivity index (χ1) is 8.36. The van der Waals surface area contributed by atoms with Gasteiger partial charge in [-0.1, -0.05) is 36.4 Å². The number of aryl methyl sites for hydroxylation is 1. The van der Waals surface area contributed by atoms with E-state index in [9.17, 15) is 0 Å². The van der Waals surface area contributed by atoms with Crippen LogP contribution in [0.15, 0.2) is 54.9 Å². The summed E-state index contributed by atoms with van der Waals surface area (Å²) in [4.78, 5) is 8.80. The topological polar surface area (TPSA) is 25.8 Å². The maximum absolute atomic E-state index is 4.46. The molecule has 2 nitrogen and oxygen atoms in total. The molecule has 0 bridgehead atoms. The van der Waals surface area contributed by atoms with Gasteiger partial charge in [-0.05, 0) is 24.1 Å². The summed E-state index contributed by atoms with van der Waals surface area (Å²) < 4.78 is 0. The summed E-state index contributed by atoms with van der Waals surface area (Å²) in [7, 11) is 0. The highest BCUT2D eigenvalue weighted by molar-refractivity contribution is 5.93. The Morgan fingerprint density at radius 2 is 1.59 bits per heavy atom. The van der Waals surface area contributed by atoms with Crippen molar-refractivity contribution in [3.63, 3.8) is 0 Å². The second-order valence-electron chi connectivity index (χ2n) is 4.05. The number of hydrogen-bond acceptors (Lipinski definition) is 2. The van der Waals surface area contributed by atoms with E-state index in [2.05, 4.69) is 35.1 Å². The number of nitrogens with zero attached hydrogens (tertiary/aromatic N) is 2. The van der Waals surface area contributed by atoms with Gasteiger partial charge in [0.05, 0.1) is 11.0 Å². The van der Waals surface area contributed by atoms with E-state index < -0.39 is 0 Å². The zero-order valence-corrected chi connectivity index (χ0v) is 9.59. The summed E-state index contributed by atoms with van der Waals surface area (Å²) in [5.41, 5.74) is 5.51. The van der Waals surface area contributed by atoms with E-state index in [1.165, 1.54) is 16.7 Å². The molecule has 82 valence electrons. The molecule has 0 aliphatic carbocycles. The Labute approximate surface area is 100.0 Å². The number of rotatable bonds is 1. The summed E-state index contributed by atoms with van der Waals surface area (Å²) in [5, 5.41) is 0. The van der Waals surface area contributed by atoms with E-state index in [-0.39, 0.29) is 0 Å². The molecule has 0 amide bonds. The molecular weight excluding hydrogens is 208 g/mol. The predicted octanol–water partition coefficient (Wildman–Crippen LogP) is 3.61. The number of fused-ring (bicyclic) bond motifs is 1. The van der Waals surface area contributed by atoms with Gasteiger partial charge in [-0.3, -0.25) is 9.97 Å². The lowest BCUT2D eigenvalue weighted by Gasteiger charge is -2.08. The van der Waals surface area contributed by atoms with Gasteiger partial charge in [-0.25, -0.2) is 0 Å². The molecule has 0 N–H and O–H groups in total. The van der Waals surface area contributed by atoms with E-state index >= 15 is 0 Å². The van der Waals surface area contributed by atoms with Crippen LogP contribution in [0.4, 0.5) is 0 Å². The Balaban J connectivity index is 2.39. The van der Waals surface area contributed by atoms with Gasteiger partial charge in [0.25, 0.3) is 0 Å². The number of hydrogen-bond donors (Lipinski definition) is 0. The van der Waals surface area contributed by atoms with Crippen molar-refractivity contribution in [2.24, 2.45) is 0 Å². The van der Waals surface area contributed by atoms with Crippen molar-refractivity contribution >= 4 is 11.0 Å². The molecular formula is C15H12N2. The average Bonchev–Trinajstić information content (AvgIpc) is 2.39. The minimum atomic E-state index is 0.942. The van der Waals surface area contributed by atoms with E-state index in [1.807, 2.05) is 24.3 Å². The third kappa shape index (κ3) is 1.68. The highest BCUT2D eigenvalue weighted by atomic mass is 14.8. The van der Waals surface area contributed by atoms with Crippen LogP contribution in [0, 0.1) is 6.92 Å². The summed E-state index contributed by atoms with van der Waals surface area (Å²) >= 11 is 0. The molecule has 17 heavy (non-hydrogen) atoms. The van der Waals surface area contributed by atoms with E-state index in [0.29, 0.717) is 0 Å². The van der Waals surface area contributed by atoms with Crippen molar-refractivity contribution in [1.82, 2.24) is 9.97 Å². The quantitative estimate of drug-likeness (QED) is 0.626. The van der Waals surface area contributed by atoms with Crippen molar-refractivity contribution in [2.45, 2.75) is 6.92 Å². The Hall–Kier alpha value is -2.22. The highest BCUT2D eigenvalue weighted by Gasteiger charge is 2.08. The molecule has 0 fully saturated rings. The van der Waals surface area contributed by atoms with E-state index in [1.54, 1.807) is 12.4 Å². The van der Waals surface area contributed by atoms with Gasteiger partial charge in [0.1, 0.15) is 0 Å². The van der Waals surface area contributed by atoms with E-state index in [4.69, 9.17) is 0 Å². The molecule has 2 aromatic carbocycles. The van der Waals surface area contributed by atoms with Gasteiger partial charge in [-0.15, -0.1) is 0 Å². The molecule has 0 atom stereocenters. The fourth-order valence-electron chi connectivity index (χ4n) is 2.11. The van der Waals surface area contributed by atoms with Crippen LogP contribution >= 0.6 is 0 Å². The van der Waals surface area contributed by atoms with Crippen LogP contribution in [-0.4, -0.2) is 9.97 Å². The average molecular weight is 220 g/mol. The highest BCUT2D eigenvalue weighted by Crippen LogP contribution is 2.29. The molecule has 0 unspecified atom stereocenters. The summed E-state index contributed by atoms with van der Waals surface area (Å²) in [6, 6.07) is 14.4. The molecule has 0 saturated carbocycles. The third-order valence-corrected chi connectivity index (χ3v) is 2.91. The summed E-state index contributed by atoms with van der Waals surface area (Å²) in [6.45, 7) is 2.11. The van der Waals surface area contributed by atoms with Crippen molar-refractivity contribution in [3.8, 4) is 11.1 Å². The molecule has 1 aromatic heterocycles.